The fourth-order valence-corrected chi connectivity index (χ4v) is 3.65. The predicted octanol–water partition coefficient (Wildman–Crippen LogP) is 2.70. The van der Waals surface area contributed by atoms with E-state index in [4.69, 9.17) is 16.1 Å². The zero-order valence-corrected chi connectivity index (χ0v) is 14.5. The van der Waals surface area contributed by atoms with E-state index >= 15 is 0 Å². The normalized spacial score (nSPS) is 17.6. The van der Waals surface area contributed by atoms with Crippen LogP contribution in [0.1, 0.15) is 34.7 Å². The van der Waals surface area contributed by atoms with Crippen molar-refractivity contribution >= 4 is 29.1 Å². The van der Waals surface area contributed by atoms with Crippen molar-refractivity contribution in [3.05, 3.63) is 46.3 Å². The predicted molar refractivity (Wildman–Crippen MR) is 92.9 cm³/mol. The van der Waals surface area contributed by atoms with E-state index < -0.39 is 0 Å². The number of aryl methyl sites for hydroxylation is 1. The first-order valence-electron chi connectivity index (χ1n) is 8.46. The minimum absolute atomic E-state index is 0.0286. The van der Waals surface area contributed by atoms with Crippen LogP contribution in [-0.4, -0.2) is 41.5 Å². The van der Waals surface area contributed by atoms with Crippen molar-refractivity contribution < 1.29 is 14.1 Å². The maximum atomic E-state index is 12.8. The maximum absolute atomic E-state index is 12.8. The van der Waals surface area contributed by atoms with E-state index in [1.807, 2.05) is 12.1 Å². The van der Waals surface area contributed by atoms with Crippen molar-refractivity contribution in [1.82, 2.24) is 10.1 Å². The first kappa shape index (κ1) is 16.1. The van der Waals surface area contributed by atoms with Crippen molar-refractivity contribution in [2.24, 2.45) is 0 Å². The molecule has 2 aliphatic rings. The molecule has 130 valence electrons. The molecule has 2 heterocycles. The number of piperazine rings is 1. The molecule has 0 atom stereocenters. The number of carbonyl (C=O) groups excluding carboxylic acids is 2. The largest absolute Gasteiger partial charge is 0.350 e. The molecule has 1 aromatic carbocycles. The molecule has 1 saturated heterocycles. The quantitative estimate of drug-likeness (QED) is 0.826. The molecule has 25 heavy (non-hydrogen) atoms. The Kier molecular flexibility index (Phi) is 4.21. The lowest BCUT2D eigenvalue weighted by molar-refractivity contribution is -0.120. The summed E-state index contributed by atoms with van der Waals surface area (Å²) in [6.45, 7) is 0.911. The fourth-order valence-electron chi connectivity index (χ4n) is 3.47. The number of anilines is 1. The van der Waals surface area contributed by atoms with Crippen molar-refractivity contribution in [2.45, 2.75) is 25.7 Å². The first-order chi connectivity index (χ1) is 12.1. The van der Waals surface area contributed by atoms with Gasteiger partial charge in [0.15, 0.2) is 0 Å². The summed E-state index contributed by atoms with van der Waals surface area (Å²) in [5, 5.41) is 4.61. The lowest BCUT2D eigenvalue weighted by atomic mass is 9.96. The molecule has 4 rings (SSSR count). The highest BCUT2D eigenvalue weighted by Crippen LogP contribution is 2.26. The number of amides is 2. The molecule has 0 spiro atoms. The summed E-state index contributed by atoms with van der Waals surface area (Å²) in [4.78, 5) is 28.5. The number of carbonyl (C=O) groups is 2. The van der Waals surface area contributed by atoms with E-state index in [1.165, 1.54) is 0 Å². The van der Waals surface area contributed by atoms with Crippen LogP contribution in [0.2, 0.25) is 5.02 Å². The van der Waals surface area contributed by atoms with E-state index in [0.29, 0.717) is 23.9 Å². The minimum atomic E-state index is -0.241. The van der Waals surface area contributed by atoms with Gasteiger partial charge in [0, 0.05) is 29.4 Å². The maximum Gasteiger partial charge on any atom is 0.293 e. The van der Waals surface area contributed by atoms with Gasteiger partial charge in [-0.3, -0.25) is 9.59 Å². The zero-order chi connectivity index (χ0) is 17.4. The molecule has 7 heteroatoms. The summed E-state index contributed by atoms with van der Waals surface area (Å²) < 4.78 is 5.31. The minimum Gasteiger partial charge on any atom is -0.350 e. The highest BCUT2D eigenvalue weighted by Gasteiger charge is 2.33. The summed E-state index contributed by atoms with van der Waals surface area (Å²) in [6.07, 6.45) is 3.78. The molecular formula is C18H18ClN3O3. The van der Waals surface area contributed by atoms with Crippen molar-refractivity contribution in [3.63, 3.8) is 0 Å². The zero-order valence-electron chi connectivity index (χ0n) is 13.7. The number of halogens is 1. The average Bonchev–Trinajstić information content (AvgIpc) is 3.05. The van der Waals surface area contributed by atoms with Crippen molar-refractivity contribution in [3.8, 4) is 0 Å². The van der Waals surface area contributed by atoms with Gasteiger partial charge in [-0.05, 0) is 43.9 Å². The van der Waals surface area contributed by atoms with Crippen LogP contribution in [0.4, 0.5) is 5.69 Å². The van der Waals surface area contributed by atoms with E-state index in [1.54, 1.807) is 21.9 Å². The van der Waals surface area contributed by atoms with Gasteiger partial charge in [-0.15, -0.1) is 0 Å². The Morgan fingerprint density at radius 3 is 2.84 bits per heavy atom. The molecular weight excluding hydrogens is 342 g/mol. The number of aromatic nitrogens is 1. The fraction of sp³-hybridized carbons (Fsp3) is 0.389. The SMILES string of the molecule is O=C(c1onc2c1CCCC2)N1CCN(c2cccc(Cl)c2)C(=O)C1. The molecule has 2 aromatic rings. The summed E-state index contributed by atoms with van der Waals surface area (Å²) in [7, 11) is 0. The Morgan fingerprint density at radius 2 is 2.04 bits per heavy atom. The van der Waals surface area contributed by atoms with E-state index in [0.717, 1.165) is 42.6 Å². The monoisotopic (exact) mass is 359 g/mol. The summed E-state index contributed by atoms with van der Waals surface area (Å²) in [6, 6.07) is 7.17. The van der Waals surface area contributed by atoms with E-state index in [2.05, 4.69) is 5.16 Å². The molecule has 1 aromatic heterocycles. The number of hydrogen-bond acceptors (Lipinski definition) is 4. The van der Waals surface area contributed by atoms with Crippen LogP contribution >= 0.6 is 11.6 Å². The van der Waals surface area contributed by atoms with Gasteiger partial charge in [0.1, 0.15) is 6.54 Å². The van der Waals surface area contributed by atoms with Crippen LogP contribution < -0.4 is 4.90 Å². The highest BCUT2D eigenvalue weighted by atomic mass is 35.5. The van der Waals surface area contributed by atoms with Gasteiger partial charge in [-0.25, -0.2) is 0 Å². The molecule has 1 aliphatic carbocycles. The second-order valence-electron chi connectivity index (χ2n) is 6.40. The molecule has 1 fully saturated rings. The Balaban J connectivity index is 1.50. The topological polar surface area (TPSA) is 66.7 Å². The molecule has 2 amide bonds. The van der Waals surface area contributed by atoms with Gasteiger partial charge >= 0.3 is 0 Å². The van der Waals surface area contributed by atoms with Gasteiger partial charge in [0.2, 0.25) is 11.7 Å². The lowest BCUT2D eigenvalue weighted by Crippen LogP contribution is -2.52. The van der Waals surface area contributed by atoms with E-state index in [9.17, 15) is 9.59 Å². The van der Waals surface area contributed by atoms with Crippen LogP contribution in [0.5, 0.6) is 0 Å². The van der Waals surface area contributed by atoms with Crippen molar-refractivity contribution in [1.29, 1.82) is 0 Å². The number of fused-ring (bicyclic) bond motifs is 1. The Labute approximate surface area is 150 Å². The third-order valence-corrected chi connectivity index (χ3v) is 5.02. The molecule has 1 aliphatic heterocycles. The molecule has 0 bridgehead atoms. The lowest BCUT2D eigenvalue weighted by Gasteiger charge is -2.34. The average molecular weight is 360 g/mol. The third-order valence-electron chi connectivity index (χ3n) is 4.78. The summed E-state index contributed by atoms with van der Waals surface area (Å²) in [5.41, 5.74) is 2.56. The number of rotatable bonds is 2. The van der Waals surface area contributed by atoms with Crippen LogP contribution in [0.3, 0.4) is 0 Å². The van der Waals surface area contributed by atoms with Crippen LogP contribution in [0.15, 0.2) is 28.8 Å². The van der Waals surface area contributed by atoms with Crippen molar-refractivity contribution in [2.75, 3.05) is 24.5 Å². The Bertz CT molecular complexity index is 833. The second kappa shape index (κ2) is 6.52. The molecule has 6 nitrogen and oxygen atoms in total. The van der Waals surface area contributed by atoms with Crippen LogP contribution in [0.25, 0.3) is 0 Å². The number of benzene rings is 1. The molecule has 0 radical (unpaired) electrons. The standard InChI is InChI=1S/C18H18ClN3O3/c19-12-4-3-5-13(10-12)22-9-8-21(11-16(22)23)18(24)17-14-6-1-2-7-15(14)20-25-17/h3-5,10H,1-2,6-9,11H2. The van der Waals surface area contributed by atoms with Crippen LogP contribution in [-0.2, 0) is 17.6 Å². The third kappa shape index (κ3) is 3.02. The summed E-state index contributed by atoms with van der Waals surface area (Å²) in [5.74, 6) is -0.0660. The second-order valence-corrected chi connectivity index (χ2v) is 6.83. The van der Waals surface area contributed by atoms with Gasteiger partial charge in [-0.1, -0.05) is 22.8 Å². The van der Waals surface area contributed by atoms with E-state index in [-0.39, 0.29) is 18.4 Å². The number of nitrogens with zero attached hydrogens (tertiary/aromatic N) is 3. The Hall–Kier alpha value is -2.34. The van der Waals surface area contributed by atoms with Gasteiger partial charge in [0.05, 0.1) is 5.69 Å². The highest BCUT2D eigenvalue weighted by molar-refractivity contribution is 6.30. The first-order valence-corrected chi connectivity index (χ1v) is 8.84. The smallest absolute Gasteiger partial charge is 0.293 e. The Morgan fingerprint density at radius 1 is 1.20 bits per heavy atom. The summed E-state index contributed by atoms with van der Waals surface area (Å²) >= 11 is 6.00. The number of hydrogen-bond donors (Lipinski definition) is 0. The van der Waals surface area contributed by atoms with Crippen LogP contribution in [0, 0.1) is 0 Å². The molecule has 0 N–H and O–H groups in total. The molecule has 0 unspecified atom stereocenters. The molecule has 0 saturated carbocycles. The van der Waals surface area contributed by atoms with Gasteiger partial charge in [0.25, 0.3) is 5.91 Å². The van der Waals surface area contributed by atoms with Gasteiger partial charge in [-0.2, -0.15) is 0 Å². The van der Waals surface area contributed by atoms with Gasteiger partial charge < -0.3 is 14.3 Å².